The maximum absolute atomic E-state index is 10.5. The smallest absolute Gasteiger partial charge is 0.128 e. The fourth-order valence-electron chi connectivity index (χ4n) is 2.50. The summed E-state index contributed by atoms with van der Waals surface area (Å²) in [6.45, 7) is 10.6. The van der Waals surface area contributed by atoms with E-state index in [1.54, 1.807) is 6.21 Å². The predicted octanol–water partition coefficient (Wildman–Crippen LogP) is 5.56. The molecule has 0 fully saturated rings. The molecule has 0 aliphatic carbocycles. The molecule has 0 bridgehead atoms. The van der Waals surface area contributed by atoms with Crippen LogP contribution in [0.5, 0.6) is 5.75 Å². The molecule has 0 heterocycles. The van der Waals surface area contributed by atoms with E-state index in [2.05, 4.69) is 45.7 Å². The minimum absolute atomic E-state index is 0.0935. The largest absolute Gasteiger partial charge is 0.507 e. The summed E-state index contributed by atoms with van der Waals surface area (Å²) in [6.07, 6.45) is 1.76. The van der Waals surface area contributed by atoms with Gasteiger partial charge >= 0.3 is 0 Å². The van der Waals surface area contributed by atoms with Crippen LogP contribution in [0.3, 0.4) is 0 Å². The topological polar surface area (TPSA) is 32.6 Å². The number of nitrogens with zero attached hydrogens (tertiary/aromatic N) is 1. The molecule has 0 saturated carbocycles. The molecule has 116 valence electrons. The number of aromatic hydroxyl groups is 1. The van der Waals surface area contributed by atoms with Gasteiger partial charge in [-0.15, -0.1) is 0 Å². The van der Waals surface area contributed by atoms with E-state index in [4.69, 9.17) is 0 Å². The van der Waals surface area contributed by atoms with Crippen molar-refractivity contribution >= 4 is 11.9 Å². The van der Waals surface area contributed by atoms with Crippen LogP contribution in [-0.2, 0) is 5.41 Å². The van der Waals surface area contributed by atoms with Crippen LogP contribution in [-0.4, -0.2) is 11.3 Å². The van der Waals surface area contributed by atoms with Crippen LogP contribution < -0.4 is 0 Å². The van der Waals surface area contributed by atoms with Crippen LogP contribution in [0.15, 0.2) is 47.5 Å². The van der Waals surface area contributed by atoms with Gasteiger partial charge in [-0.25, -0.2) is 0 Å². The normalized spacial score (nSPS) is 12.3. The molecule has 0 aliphatic heterocycles. The third-order valence-corrected chi connectivity index (χ3v) is 3.78. The molecular formula is C20H25NO. The van der Waals surface area contributed by atoms with E-state index >= 15 is 0 Å². The van der Waals surface area contributed by atoms with Crippen molar-refractivity contribution in [2.75, 3.05) is 0 Å². The second kappa shape index (κ2) is 6.35. The van der Waals surface area contributed by atoms with Crippen LogP contribution >= 0.6 is 0 Å². The zero-order chi connectivity index (χ0) is 16.3. The summed E-state index contributed by atoms with van der Waals surface area (Å²) < 4.78 is 0. The second-order valence-electron chi connectivity index (χ2n) is 6.97. The van der Waals surface area contributed by atoms with Crippen LogP contribution in [0.25, 0.3) is 0 Å². The van der Waals surface area contributed by atoms with Crippen molar-refractivity contribution in [1.29, 1.82) is 0 Å². The number of phenolic OH excluding ortho intramolecular Hbond substituents is 1. The van der Waals surface area contributed by atoms with Crippen molar-refractivity contribution in [3.05, 3.63) is 59.2 Å². The Hall–Kier alpha value is -2.09. The SMILES string of the molecule is CC(C)c1ccccc1N=Cc1cccc(C(C)(C)C)c1O. The molecule has 0 spiro atoms. The lowest BCUT2D eigenvalue weighted by Crippen LogP contribution is -2.11. The van der Waals surface area contributed by atoms with E-state index in [1.165, 1.54) is 5.56 Å². The number of rotatable bonds is 3. The fourth-order valence-corrected chi connectivity index (χ4v) is 2.50. The van der Waals surface area contributed by atoms with Gasteiger partial charge in [0.1, 0.15) is 5.75 Å². The molecule has 0 atom stereocenters. The molecule has 1 N–H and O–H groups in total. The molecule has 0 amide bonds. The summed E-state index contributed by atoms with van der Waals surface area (Å²) in [4.78, 5) is 4.60. The molecule has 0 saturated heterocycles. The van der Waals surface area contributed by atoms with E-state index in [1.807, 2.05) is 36.4 Å². The number of aliphatic imine (C=N–C) groups is 1. The minimum Gasteiger partial charge on any atom is -0.507 e. The Balaban J connectivity index is 2.40. The van der Waals surface area contributed by atoms with E-state index < -0.39 is 0 Å². The lowest BCUT2D eigenvalue weighted by molar-refractivity contribution is 0.446. The highest BCUT2D eigenvalue weighted by Crippen LogP contribution is 2.33. The van der Waals surface area contributed by atoms with E-state index in [0.717, 1.165) is 16.8 Å². The van der Waals surface area contributed by atoms with Crippen molar-refractivity contribution < 1.29 is 5.11 Å². The number of hydrogen-bond donors (Lipinski definition) is 1. The number of hydrogen-bond acceptors (Lipinski definition) is 2. The third-order valence-electron chi connectivity index (χ3n) is 3.78. The Labute approximate surface area is 133 Å². The summed E-state index contributed by atoms with van der Waals surface area (Å²) in [5, 5.41) is 10.5. The quantitative estimate of drug-likeness (QED) is 0.738. The molecule has 2 rings (SSSR count). The van der Waals surface area contributed by atoms with Crippen LogP contribution in [0.2, 0.25) is 0 Å². The molecule has 2 aromatic carbocycles. The fraction of sp³-hybridized carbons (Fsp3) is 0.350. The molecule has 22 heavy (non-hydrogen) atoms. The van der Waals surface area contributed by atoms with Gasteiger partial charge in [-0.3, -0.25) is 4.99 Å². The highest BCUT2D eigenvalue weighted by molar-refractivity contribution is 5.86. The molecule has 2 nitrogen and oxygen atoms in total. The first-order valence-electron chi connectivity index (χ1n) is 7.76. The van der Waals surface area contributed by atoms with E-state index in [9.17, 15) is 5.11 Å². The molecule has 2 heteroatoms. The molecule has 2 aromatic rings. The van der Waals surface area contributed by atoms with E-state index in [-0.39, 0.29) is 5.41 Å². The second-order valence-corrected chi connectivity index (χ2v) is 6.97. The van der Waals surface area contributed by atoms with Crippen molar-refractivity contribution in [2.45, 2.75) is 46.0 Å². The van der Waals surface area contributed by atoms with Crippen LogP contribution in [0.1, 0.15) is 57.2 Å². The standard InChI is InChI=1S/C20H25NO/c1-14(2)16-10-6-7-12-18(16)21-13-15-9-8-11-17(19(15)22)20(3,4)5/h6-14,22H,1-5H3. The van der Waals surface area contributed by atoms with Gasteiger partial charge in [-0.2, -0.15) is 0 Å². The van der Waals surface area contributed by atoms with Gasteiger partial charge in [0.15, 0.2) is 0 Å². The Morgan fingerprint density at radius 2 is 1.68 bits per heavy atom. The zero-order valence-electron chi connectivity index (χ0n) is 14.1. The Morgan fingerprint density at radius 3 is 2.32 bits per heavy atom. The summed E-state index contributed by atoms with van der Waals surface area (Å²) in [7, 11) is 0. The van der Waals surface area contributed by atoms with Crippen molar-refractivity contribution in [2.24, 2.45) is 4.99 Å². The Kier molecular flexibility index (Phi) is 4.70. The van der Waals surface area contributed by atoms with Gasteiger partial charge in [0.25, 0.3) is 0 Å². The molecule has 0 radical (unpaired) electrons. The third kappa shape index (κ3) is 3.56. The average molecular weight is 295 g/mol. The average Bonchev–Trinajstić information content (AvgIpc) is 2.45. The summed E-state index contributed by atoms with van der Waals surface area (Å²) in [6, 6.07) is 14.0. The van der Waals surface area contributed by atoms with Gasteiger partial charge in [-0.1, -0.05) is 65.0 Å². The summed E-state index contributed by atoms with van der Waals surface area (Å²) >= 11 is 0. The number of para-hydroxylation sites is 2. The lowest BCUT2D eigenvalue weighted by Gasteiger charge is -2.21. The highest BCUT2D eigenvalue weighted by Gasteiger charge is 2.19. The van der Waals surface area contributed by atoms with Gasteiger partial charge in [0, 0.05) is 11.8 Å². The van der Waals surface area contributed by atoms with Crippen molar-refractivity contribution in [3.63, 3.8) is 0 Å². The predicted molar refractivity (Wildman–Crippen MR) is 94.6 cm³/mol. The molecule has 0 unspecified atom stereocenters. The zero-order valence-corrected chi connectivity index (χ0v) is 14.1. The minimum atomic E-state index is -0.0935. The van der Waals surface area contributed by atoms with Crippen molar-refractivity contribution in [3.8, 4) is 5.75 Å². The molecule has 0 aliphatic rings. The first-order valence-corrected chi connectivity index (χ1v) is 7.76. The maximum atomic E-state index is 10.5. The monoisotopic (exact) mass is 295 g/mol. The first-order chi connectivity index (χ1) is 10.3. The first kappa shape index (κ1) is 16.3. The van der Waals surface area contributed by atoms with Gasteiger partial charge in [0.2, 0.25) is 0 Å². The molecular weight excluding hydrogens is 270 g/mol. The number of phenols is 1. The Morgan fingerprint density at radius 1 is 1.00 bits per heavy atom. The van der Waals surface area contributed by atoms with E-state index in [0.29, 0.717) is 11.7 Å². The van der Waals surface area contributed by atoms with Gasteiger partial charge in [0.05, 0.1) is 5.69 Å². The van der Waals surface area contributed by atoms with Crippen LogP contribution in [0, 0.1) is 0 Å². The molecule has 0 aromatic heterocycles. The van der Waals surface area contributed by atoms with Crippen LogP contribution in [0.4, 0.5) is 5.69 Å². The van der Waals surface area contributed by atoms with Crippen molar-refractivity contribution in [1.82, 2.24) is 0 Å². The van der Waals surface area contributed by atoms with Gasteiger partial charge < -0.3 is 5.11 Å². The lowest BCUT2D eigenvalue weighted by atomic mass is 9.85. The summed E-state index contributed by atoms with van der Waals surface area (Å²) in [5.41, 5.74) is 3.77. The maximum Gasteiger partial charge on any atom is 0.128 e. The number of benzene rings is 2. The van der Waals surface area contributed by atoms with Gasteiger partial charge in [-0.05, 0) is 34.6 Å². The summed E-state index contributed by atoms with van der Waals surface area (Å²) in [5.74, 6) is 0.739. The highest BCUT2D eigenvalue weighted by atomic mass is 16.3. The Bertz CT molecular complexity index is 678.